The zero-order chi connectivity index (χ0) is 14.4. The molecule has 2 aromatic rings. The van der Waals surface area contributed by atoms with Crippen LogP contribution in [0.1, 0.15) is 11.3 Å². The molecule has 0 aliphatic heterocycles. The predicted molar refractivity (Wildman–Crippen MR) is 65.2 cm³/mol. The van der Waals surface area contributed by atoms with E-state index in [-0.39, 0.29) is 5.69 Å². The molecule has 1 aromatic carbocycles. The maximum Gasteiger partial charge on any atom is 0.416 e. The van der Waals surface area contributed by atoms with Crippen LogP contribution in [0.25, 0.3) is 5.69 Å². The minimum absolute atomic E-state index is 0.0856. The maximum atomic E-state index is 12.5. The molecule has 0 fully saturated rings. The van der Waals surface area contributed by atoms with Crippen LogP contribution in [0, 0.1) is 6.92 Å². The van der Waals surface area contributed by atoms with Crippen LogP contribution in [0.4, 0.5) is 18.9 Å². The molecule has 0 bridgehead atoms. The van der Waals surface area contributed by atoms with Crippen molar-refractivity contribution in [3.05, 3.63) is 45.9 Å². The Balaban J connectivity index is 2.56. The van der Waals surface area contributed by atoms with Gasteiger partial charge in [-0.3, -0.25) is 9.48 Å². The van der Waals surface area contributed by atoms with Crippen LogP contribution < -0.4 is 11.3 Å². The van der Waals surface area contributed by atoms with E-state index in [9.17, 15) is 18.0 Å². The molecular weight excluding hydrogens is 259 g/mol. The topological polar surface area (TPSA) is 53.0 Å². The molecule has 0 spiro atoms. The second-order valence-corrected chi connectivity index (χ2v) is 4.18. The molecule has 102 valence electrons. The number of nitrogens with two attached hydrogens (primary N) is 1. The third-order valence-electron chi connectivity index (χ3n) is 3.04. The van der Waals surface area contributed by atoms with Gasteiger partial charge in [-0.05, 0) is 31.2 Å². The number of alkyl halides is 3. The van der Waals surface area contributed by atoms with E-state index < -0.39 is 17.3 Å². The number of benzene rings is 1. The molecular formula is C12H12F3N3O. The summed E-state index contributed by atoms with van der Waals surface area (Å²) in [6, 6.07) is 4.34. The number of nitrogen functional groups attached to an aromatic ring is 1. The zero-order valence-corrected chi connectivity index (χ0v) is 10.3. The molecule has 1 heterocycles. The Labute approximate surface area is 106 Å². The molecule has 0 saturated carbocycles. The maximum absolute atomic E-state index is 12.5. The van der Waals surface area contributed by atoms with Crippen molar-refractivity contribution in [3.63, 3.8) is 0 Å². The van der Waals surface area contributed by atoms with Crippen molar-refractivity contribution in [2.45, 2.75) is 13.1 Å². The van der Waals surface area contributed by atoms with Gasteiger partial charge in [-0.15, -0.1) is 0 Å². The van der Waals surface area contributed by atoms with Gasteiger partial charge in [-0.1, -0.05) is 0 Å². The van der Waals surface area contributed by atoms with Crippen molar-refractivity contribution in [1.82, 2.24) is 9.36 Å². The summed E-state index contributed by atoms with van der Waals surface area (Å²) < 4.78 is 40.1. The van der Waals surface area contributed by atoms with Crippen LogP contribution in [-0.4, -0.2) is 9.36 Å². The van der Waals surface area contributed by atoms with Gasteiger partial charge in [0.1, 0.15) is 5.69 Å². The lowest BCUT2D eigenvalue weighted by Crippen LogP contribution is -2.20. The lowest BCUT2D eigenvalue weighted by Gasteiger charge is -2.10. The van der Waals surface area contributed by atoms with Crippen molar-refractivity contribution < 1.29 is 13.2 Å². The standard InChI is InChI=1S/C12H12F3N3O/c1-7-10(16)11(19)18(17(7)2)9-5-3-8(4-6-9)12(13,14)15/h3-6H,16H2,1-2H3. The number of hydrogen-bond acceptors (Lipinski definition) is 2. The Hall–Kier alpha value is -2.18. The van der Waals surface area contributed by atoms with E-state index in [1.54, 1.807) is 14.0 Å². The van der Waals surface area contributed by atoms with Gasteiger partial charge in [0, 0.05) is 7.05 Å². The minimum atomic E-state index is -4.40. The van der Waals surface area contributed by atoms with Gasteiger partial charge in [0.15, 0.2) is 0 Å². The fraction of sp³-hybridized carbons (Fsp3) is 0.250. The molecule has 0 radical (unpaired) electrons. The lowest BCUT2D eigenvalue weighted by molar-refractivity contribution is -0.137. The van der Waals surface area contributed by atoms with Crippen molar-refractivity contribution in [1.29, 1.82) is 0 Å². The fourth-order valence-corrected chi connectivity index (χ4v) is 1.81. The number of halogens is 3. The number of hydrogen-bond donors (Lipinski definition) is 1. The van der Waals surface area contributed by atoms with Crippen LogP contribution in [0.5, 0.6) is 0 Å². The summed E-state index contributed by atoms with van der Waals surface area (Å²) in [5.41, 5.74) is 5.38. The van der Waals surface area contributed by atoms with E-state index in [1.165, 1.54) is 21.5 Å². The average Bonchev–Trinajstić information content (AvgIpc) is 2.53. The summed E-state index contributed by atoms with van der Waals surface area (Å²) in [7, 11) is 1.62. The largest absolute Gasteiger partial charge is 0.416 e. The van der Waals surface area contributed by atoms with E-state index >= 15 is 0 Å². The van der Waals surface area contributed by atoms with E-state index in [0.717, 1.165) is 12.1 Å². The molecule has 1 aromatic heterocycles. The molecule has 2 N–H and O–H groups in total. The van der Waals surface area contributed by atoms with Crippen LogP contribution in [0.15, 0.2) is 29.1 Å². The monoisotopic (exact) mass is 271 g/mol. The minimum Gasteiger partial charge on any atom is -0.393 e. The second kappa shape index (κ2) is 4.18. The summed E-state index contributed by atoms with van der Waals surface area (Å²) in [4.78, 5) is 11.9. The van der Waals surface area contributed by atoms with E-state index in [1.807, 2.05) is 0 Å². The highest BCUT2D eigenvalue weighted by Gasteiger charge is 2.30. The van der Waals surface area contributed by atoms with Gasteiger partial charge >= 0.3 is 6.18 Å². The summed E-state index contributed by atoms with van der Waals surface area (Å²) in [5.74, 6) is 0. The summed E-state index contributed by atoms with van der Waals surface area (Å²) in [5, 5.41) is 0. The molecule has 7 heteroatoms. The highest BCUT2D eigenvalue weighted by Crippen LogP contribution is 2.29. The Morgan fingerprint density at radius 1 is 1.16 bits per heavy atom. The van der Waals surface area contributed by atoms with Gasteiger partial charge in [0.25, 0.3) is 5.56 Å². The first-order valence-electron chi connectivity index (χ1n) is 5.45. The highest BCUT2D eigenvalue weighted by atomic mass is 19.4. The molecule has 0 atom stereocenters. The van der Waals surface area contributed by atoms with Crippen molar-refractivity contribution in [2.24, 2.45) is 7.05 Å². The number of anilines is 1. The molecule has 0 unspecified atom stereocenters. The van der Waals surface area contributed by atoms with Crippen LogP contribution in [0.3, 0.4) is 0 Å². The van der Waals surface area contributed by atoms with Gasteiger partial charge in [0.05, 0.1) is 16.9 Å². The van der Waals surface area contributed by atoms with Crippen molar-refractivity contribution >= 4 is 5.69 Å². The molecule has 2 rings (SSSR count). The van der Waals surface area contributed by atoms with E-state index in [4.69, 9.17) is 5.73 Å². The average molecular weight is 271 g/mol. The van der Waals surface area contributed by atoms with E-state index in [2.05, 4.69) is 0 Å². The normalized spacial score (nSPS) is 11.8. The van der Waals surface area contributed by atoms with Gasteiger partial charge in [0.2, 0.25) is 0 Å². The molecule has 4 nitrogen and oxygen atoms in total. The fourth-order valence-electron chi connectivity index (χ4n) is 1.81. The molecule has 0 aliphatic carbocycles. The predicted octanol–water partition coefficient (Wildman–Crippen LogP) is 2.09. The third-order valence-corrected chi connectivity index (χ3v) is 3.04. The van der Waals surface area contributed by atoms with E-state index in [0.29, 0.717) is 11.4 Å². The number of rotatable bonds is 1. The van der Waals surface area contributed by atoms with Crippen LogP contribution in [0.2, 0.25) is 0 Å². The number of aromatic nitrogens is 2. The smallest absolute Gasteiger partial charge is 0.393 e. The van der Waals surface area contributed by atoms with Crippen LogP contribution >= 0.6 is 0 Å². The quantitative estimate of drug-likeness (QED) is 0.863. The summed E-state index contributed by atoms with van der Waals surface area (Å²) >= 11 is 0. The molecule has 19 heavy (non-hydrogen) atoms. The van der Waals surface area contributed by atoms with Gasteiger partial charge in [-0.25, -0.2) is 4.68 Å². The number of nitrogens with zero attached hydrogens (tertiary/aromatic N) is 2. The highest BCUT2D eigenvalue weighted by molar-refractivity contribution is 5.45. The summed E-state index contributed by atoms with van der Waals surface area (Å²) in [6.07, 6.45) is -4.40. The molecule has 0 amide bonds. The van der Waals surface area contributed by atoms with Crippen molar-refractivity contribution in [3.8, 4) is 5.69 Å². The zero-order valence-electron chi connectivity index (χ0n) is 10.3. The Morgan fingerprint density at radius 3 is 2.05 bits per heavy atom. The first kappa shape index (κ1) is 13.3. The van der Waals surface area contributed by atoms with Crippen LogP contribution in [-0.2, 0) is 13.2 Å². The first-order chi connectivity index (χ1) is 8.73. The Kier molecular flexibility index (Phi) is 2.92. The SMILES string of the molecule is Cc1c(N)c(=O)n(-c2ccc(C(F)(F)F)cc2)n1C. The van der Waals surface area contributed by atoms with Gasteiger partial charge in [-0.2, -0.15) is 13.2 Å². The first-order valence-corrected chi connectivity index (χ1v) is 5.45. The second-order valence-electron chi connectivity index (χ2n) is 4.18. The molecule has 0 aliphatic rings. The van der Waals surface area contributed by atoms with Crippen molar-refractivity contribution in [2.75, 3.05) is 5.73 Å². The lowest BCUT2D eigenvalue weighted by atomic mass is 10.2. The third kappa shape index (κ3) is 2.11. The molecule has 0 saturated heterocycles. The van der Waals surface area contributed by atoms with Gasteiger partial charge < -0.3 is 5.73 Å². The Morgan fingerprint density at radius 2 is 1.68 bits per heavy atom. The Bertz CT molecular complexity index is 665. The summed E-state index contributed by atoms with van der Waals surface area (Å²) in [6.45, 7) is 1.66.